The molecule has 0 bridgehead atoms. The first-order chi connectivity index (χ1) is 7.55. The summed E-state index contributed by atoms with van der Waals surface area (Å²) in [5, 5.41) is 4.43. The minimum Gasteiger partial charge on any atom is -0.239 e. The second-order valence-corrected chi connectivity index (χ2v) is 5.73. The highest BCUT2D eigenvalue weighted by Gasteiger charge is 2.28. The highest BCUT2D eigenvalue weighted by atomic mass is 15.2. The summed E-state index contributed by atoms with van der Waals surface area (Å²) in [5.41, 5.74) is 3.86. The van der Waals surface area contributed by atoms with Crippen molar-refractivity contribution in [1.82, 2.24) is 14.6 Å². The molecular formula is C13H17N3. The third kappa shape index (κ3) is 1.51. The van der Waals surface area contributed by atoms with Crippen LogP contribution in [0.15, 0.2) is 18.6 Å². The third-order valence-corrected chi connectivity index (χ3v) is 3.26. The minimum absolute atomic E-state index is 0.153. The molecule has 3 rings (SSSR count). The first-order valence-corrected chi connectivity index (χ1v) is 5.89. The SMILES string of the molecule is CC(C)(C)c1cnn2cnc(C3CC3)c2c1. The molecule has 1 aliphatic rings. The van der Waals surface area contributed by atoms with Gasteiger partial charge in [-0.25, -0.2) is 9.50 Å². The summed E-state index contributed by atoms with van der Waals surface area (Å²) in [7, 11) is 0. The van der Waals surface area contributed by atoms with E-state index < -0.39 is 0 Å². The summed E-state index contributed by atoms with van der Waals surface area (Å²) in [6.07, 6.45) is 6.35. The Kier molecular flexibility index (Phi) is 1.88. The van der Waals surface area contributed by atoms with E-state index in [0.29, 0.717) is 5.92 Å². The molecule has 0 N–H and O–H groups in total. The Hall–Kier alpha value is -1.38. The van der Waals surface area contributed by atoms with Crippen LogP contribution in [-0.2, 0) is 5.41 Å². The van der Waals surface area contributed by atoms with Crippen LogP contribution in [-0.4, -0.2) is 14.6 Å². The number of hydrogen-bond acceptors (Lipinski definition) is 2. The van der Waals surface area contributed by atoms with Gasteiger partial charge in [-0.1, -0.05) is 20.8 Å². The topological polar surface area (TPSA) is 30.2 Å². The summed E-state index contributed by atoms with van der Waals surface area (Å²) >= 11 is 0. The normalized spacial score (nSPS) is 16.9. The lowest BCUT2D eigenvalue weighted by atomic mass is 9.88. The van der Waals surface area contributed by atoms with Crippen LogP contribution in [0.3, 0.4) is 0 Å². The fourth-order valence-electron chi connectivity index (χ4n) is 1.99. The van der Waals surface area contributed by atoms with Crippen LogP contribution in [0.2, 0.25) is 0 Å². The minimum atomic E-state index is 0.153. The van der Waals surface area contributed by atoms with Crippen molar-refractivity contribution in [1.29, 1.82) is 0 Å². The van der Waals surface area contributed by atoms with Crippen LogP contribution in [0.4, 0.5) is 0 Å². The highest BCUT2D eigenvalue weighted by molar-refractivity contribution is 5.55. The molecule has 2 heterocycles. The lowest BCUT2D eigenvalue weighted by Gasteiger charge is -2.18. The predicted octanol–water partition coefficient (Wildman–Crippen LogP) is 2.90. The van der Waals surface area contributed by atoms with Gasteiger partial charge in [0.15, 0.2) is 0 Å². The van der Waals surface area contributed by atoms with E-state index in [9.17, 15) is 0 Å². The standard InChI is InChI=1S/C13H17N3/c1-13(2,3)10-6-11-12(9-4-5-9)14-8-16(11)15-7-10/h6-9H,4-5H2,1-3H3. The molecule has 0 aliphatic heterocycles. The van der Waals surface area contributed by atoms with E-state index in [1.807, 2.05) is 17.0 Å². The summed E-state index contributed by atoms with van der Waals surface area (Å²) < 4.78 is 1.89. The maximum atomic E-state index is 4.48. The molecule has 2 aromatic heterocycles. The van der Waals surface area contributed by atoms with E-state index >= 15 is 0 Å². The molecule has 0 aromatic carbocycles. The summed E-state index contributed by atoms with van der Waals surface area (Å²) in [4.78, 5) is 4.48. The molecule has 16 heavy (non-hydrogen) atoms. The molecule has 1 fully saturated rings. The van der Waals surface area contributed by atoms with Gasteiger partial charge in [0.25, 0.3) is 0 Å². The molecule has 0 radical (unpaired) electrons. The van der Waals surface area contributed by atoms with Gasteiger partial charge in [-0.2, -0.15) is 5.10 Å². The Labute approximate surface area is 95.5 Å². The quantitative estimate of drug-likeness (QED) is 0.732. The molecule has 84 valence electrons. The number of nitrogens with zero attached hydrogens (tertiary/aromatic N) is 3. The Morgan fingerprint density at radius 2 is 2.06 bits per heavy atom. The number of rotatable bonds is 1. The molecule has 0 amide bonds. The van der Waals surface area contributed by atoms with Gasteiger partial charge >= 0.3 is 0 Å². The smallest absolute Gasteiger partial charge is 0.118 e. The average Bonchev–Trinajstić information content (AvgIpc) is 2.96. The number of hydrogen-bond donors (Lipinski definition) is 0. The van der Waals surface area contributed by atoms with Crippen molar-refractivity contribution in [2.45, 2.75) is 44.9 Å². The summed E-state index contributed by atoms with van der Waals surface area (Å²) in [6.45, 7) is 6.65. The van der Waals surface area contributed by atoms with Gasteiger partial charge in [-0.05, 0) is 29.9 Å². The van der Waals surface area contributed by atoms with Gasteiger partial charge < -0.3 is 0 Å². The van der Waals surface area contributed by atoms with Crippen molar-refractivity contribution >= 4 is 5.52 Å². The van der Waals surface area contributed by atoms with Gasteiger partial charge in [-0.3, -0.25) is 0 Å². The number of fused-ring (bicyclic) bond motifs is 1. The van der Waals surface area contributed by atoms with Crippen LogP contribution < -0.4 is 0 Å². The van der Waals surface area contributed by atoms with Crippen molar-refractivity contribution < 1.29 is 0 Å². The molecule has 0 atom stereocenters. The molecule has 2 aromatic rings. The summed E-state index contributed by atoms with van der Waals surface area (Å²) in [5.74, 6) is 0.682. The zero-order valence-electron chi connectivity index (χ0n) is 10.1. The number of imidazole rings is 1. The summed E-state index contributed by atoms with van der Waals surface area (Å²) in [6, 6.07) is 2.24. The zero-order chi connectivity index (χ0) is 11.3. The van der Waals surface area contributed by atoms with Gasteiger partial charge in [-0.15, -0.1) is 0 Å². The van der Waals surface area contributed by atoms with Gasteiger partial charge in [0.05, 0.1) is 17.4 Å². The average molecular weight is 215 g/mol. The Morgan fingerprint density at radius 1 is 1.31 bits per heavy atom. The number of aromatic nitrogens is 3. The van der Waals surface area contributed by atoms with E-state index in [0.717, 1.165) is 0 Å². The van der Waals surface area contributed by atoms with Gasteiger partial charge in [0, 0.05) is 5.92 Å². The van der Waals surface area contributed by atoms with Crippen LogP contribution >= 0.6 is 0 Å². The predicted molar refractivity (Wildman–Crippen MR) is 63.7 cm³/mol. The molecular weight excluding hydrogens is 198 g/mol. The molecule has 1 aliphatic carbocycles. The fraction of sp³-hybridized carbons (Fsp3) is 0.538. The largest absolute Gasteiger partial charge is 0.239 e. The van der Waals surface area contributed by atoms with E-state index in [2.05, 4.69) is 36.9 Å². The third-order valence-electron chi connectivity index (χ3n) is 3.26. The van der Waals surface area contributed by atoms with Crippen molar-refractivity contribution in [3.05, 3.63) is 29.8 Å². The lowest BCUT2D eigenvalue weighted by molar-refractivity contribution is 0.584. The van der Waals surface area contributed by atoms with Crippen LogP contribution in [0.25, 0.3) is 5.52 Å². The molecule has 3 nitrogen and oxygen atoms in total. The van der Waals surface area contributed by atoms with E-state index in [4.69, 9.17) is 0 Å². The zero-order valence-corrected chi connectivity index (χ0v) is 10.1. The Morgan fingerprint density at radius 3 is 2.69 bits per heavy atom. The van der Waals surface area contributed by atoms with Crippen LogP contribution in [0, 0.1) is 0 Å². The highest BCUT2D eigenvalue weighted by Crippen LogP contribution is 2.41. The van der Waals surface area contributed by atoms with Gasteiger partial charge in [0.1, 0.15) is 6.33 Å². The van der Waals surface area contributed by atoms with Crippen molar-refractivity contribution in [3.8, 4) is 0 Å². The monoisotopic (exact) mass is 215 g/mol. The fourth-order valence-corrected chi connectivity index (χ4v) is 1.99. The van der Waals surface area contributed by atoms with E-state index in [1.165, 1.54) is 29.6 Å². The second kappa shape index (κ2) is 3.06. The van der Waals surface area contributed by atoms with Crippen LogP contribution in [0.5, 0.6) is 0 Å². The molecule has 0 spiro atoms. The second-order valence-electron chi connectivity index (χ2n) is 5.73. The molecule has 0 saturated heterocycles. The first-order valence-electron chi connectivity index (χ1n) is 5.89. The van der Waals surface area contributed by atoms with Crippen molar-refractivity contribution in [2.75, 3.05) is 0 Å². The Bertz CT molecular complexity index is 530. The molecule has 0 unspecified atom stereocenters. The van der Waals surface area contributed by atoms with E-state index in [1.54, 1.807) is 0 Å². The van der Waals surface area contributed by atoms with Crippen LogP contribution in [0.1, 0.15) is 50.8 Å². The first kappa shape index (κ1) is 9.82. The molecule has 1 saturated carbocycles. The Balaban J connectivity index is 2.17. The molecule has 3 heteroatoms. The van der Waals surface area contributed by atoms with Crippen molar-refractivity contribution in [2.24, 2.45) is 0 Å². The lowest BCUT2D eigenvalue weighted by Crippen LogP contribution is -2.12. The maximum Gasteiger partial charge on any atom is 0.118 e. The van der Waals surface area contributed by atoms with E-state index in [-0.39, 0.29) is 5.41 Å². The van der Waals surface area contributed by atoms with Gasteiger partial charge in [0.2, 0.25) is 0 Å². The van der Waals surface area contributed by atoms with Crippen molar-refractivity contribution in [3.63, 3.8) is 0 Å². The maximum absolute atomic E-state index is 4.48.